The molecule has 2 unspecified atom stereocenters. The number of carbonyl (C=O) groups excluding carboxylic acids is 1. The van der Waals surface area contributed by atoms with Crippen LogP contribution in [0.25, 0.3) is 0 Å². The van der Waals surface area contributed by atoms with Gasteiger partial charge in [0.1, 0.15) is 0 Å². The molecule has 1 saturated heterocycles. The number of hydrogen-bond donors (Lipinski definition) is 1. The van der Waals surface area contributed by atoms with E-state index in [9.17, 15) is 4.79 Å². The van der Waals surface area contributed by atoms with Gasteiger partial charge in [0, 0.05) is 23.8 Å². The number of carbonyl (C=O) groups is 1. The maximum atomic E-state index is 12.2. The molecule has 0 bridgehead atoms. The summed E-state index contributed by atoms with van der Waals surface area (Å²) in [4.78, 5) is 14.2. The Bertz CT molecular complexity index is 408. The van der Waals surface area contributed by atoms with Crippen LogP contribution in [0.1, 0.15) is 30.6 Å². The topological polar surface area (TPSA) is 46.3 Å². The molecule has 1 aliphatic rings. The third kappa shape index (κ3) is 2.72. The molecule has 1 aromatic carbocycles. The predicted molar refractivity (Wildman–Crippen MR) is 72.4 cm³/mol. The van der Waals surface area contributed by atoms with Crippen LogP contribution in [0.2, 0.25) is 0 Å². The van der Waals surface area contributed by atoms with Crippen molar-refractivity contribution >= 4 is 24.0 Å². The lowest BCUT2D eigenvalue weighted by Crippen LogP contribution is -2.35. The van der Waals surface area contributed by atoms with Crippen molar-refractivity contribution in [1.29, 1.82) is 0 Å². The van der Waals surface area contributed by atoms with Crippen molar-refractivity contribution in [2.24, 2.45) is 5.92 Å². The zero-order chi connectivity index (χ0) is 11.7. The van der Waals surface area contributed by atoms with E-state index in [2.05, 4.69) is 13.8 Å². The van der Waals surface area contributed by atoms with E-state index in [1.807, 2.05) is 17.0 Å². The summed E-state index contributed by atoms with van der Waals surface area (Å²) in [5.41, 5.74) is 7.03. The molecule has 1 amide bonds. The average Bonchev–Trinajstić information content (AvgIpc) is 2.59. The van der Waals surface area contributed by atoms with Crippen molar-refractivity contribution in [3.05, 3.63) is 29.8 Å². The number of rotatable bonds is 1. The van der Waals surface area contributed by atoms with Gasteiger partial charge >= 0.3 is 0 Å². The molecular weight excluding hydrogens is 236 g/mol. The highest BCUT2D eigenvalue weighted by atomic mass is 35.5. The molecule has 0 saturated carbocycles. The Balaban J connectivity index is 0.00000144. The summed E-state index contributed by atoms with van der Waals surface area (Å²) < 4.78 is 0. The Labute approximate surface area is 108 Å². The van der Waals surface area contributed by atoms with E-state index in [-0.39, 0.29) is 18.3 Å². The molecule has 1 aromatic rings. The Morgan fingerprint density at radius 3 is 2.65 bits per heavy atom. The molecule has 94 valence electrons. The van der Waals surface area contributed by atoms with E-state index >= 15 is 0 Å². The van der Waals surface area contributed by atoms with E-state index in [0.717, 1.165) is 13.0 Å². The molecular formula is C13H19ClN2O. The average molecular weight is 255 g/mol. The molecule has 4 heteroatoms. The van der Waals surface area contributed by atoms with Crippen molar-refractivity contribution < 1.29 is 4.79 Å². The van der Waals surface area contributed by atoms with Crippen molar-refractivity contribution in [3.8, 4) is 0 Å². The first-order valence-corrected chi connectivity index (χ1v) is 5.76. The van der Waals surface area contributed by atoms with Crippen molar-refractivity contribution in [1.82, 2.24) is 4.90 Å². The Morgan fingerprint density at radius 2 is 2.12 bits per heavy atom. The number of hydrogen-bond acceptors (Lipinski definition) is 2. The lowest BCUT2D eigenvalue weighted by molar-refractivity contribution is 0.0735. The molecule has 2 N–H and O–H groups in total. The first-order valence-electron chi connectivity index (χ1n) is 5.76. The normalized spacial score (nSPS) is 23.3. The van der Waals surface area contributed by atoms with Crippen molar-refractivity contribution in [3.63, 3.8) is 0 Å². The van der Waals surface area contributed by atoms with E-state index in [1.165, 1.54) is 0 Å². The Hall–Kier alpha value is -1.22. The first kappa shape index (κ1) is 13.8. The quantitative estimate of drug-likeness (QED) is 0.783. The summed E-state index contributed by atoms with van der Waals surface area (Å²) in [5, 5.41) is 0. The summed E-state index contributed by atoms with van der Waals surface area (Å²) >= 11 is 0. The van der Waals surface area contributed by atoms with Gasteiger partial charge in [-0.2, -0.15) is 0 Å². The minimum atomic E-state index is 0. The number of anilines is 1. The Morgan fingerprint density at radius 1 is 1.41 bits per heavy atom. The zero-order valence-electron chi connectivity index (χ0n) is 10.2. The second-order valence-electron chi connectivity index (χ2n) is 4.63. The fraction of sp³-hybridized carbons (Fsp3) is 0.462. The lowest BCUT2D eigenvalue weighted by atomic mass is 10.0. The first-order chi connectivity index (χ1) is 7.59. The molecule has 0 aliphatic carbocycles. The van der Waals surface area contributed by atoms with Gasteiger partial charge in [0.2, 0.25) is 0 Å². The second-order valence-corrected chi connectivity index (χ2v) is 4.63. The third-order valence-corrected chi connectivity index (χ3v) is 3.53. The van der Waals surface area contributed by atoms with Gasteiger partial charge in [0.05, 0.1) is 0 Å². The lowest BCUT2D eigenvalue weighted by Gasteiger charge is -2.23. The molecule has 2 rings (SSSR count). The van der Waals surface area contributed by atoms with Gasteiger partial charge in [0.25, 0.3) is 5.91 Å². The SMILES string of the molecule is CC1CCN(C(=O)c2cccc(N)c2)C1C.Cl. The predicted octanol–water partition coefficient (Wildman–Crippen LogP) is 2.56. The highest BCUT2D eigenvalue weighted by molar-refractivity contribution is 5.95. The third-order valence-electron chi connectivity index (χ3n) is 3.53. The largest absolute Gasteiger partial charge is 0.399 e. The molecule has 1 heterocycles. The van der Waals surface area contributed by atoms with Crippen LogP contribution in [0, 0.1) is 5.92 Å². The number of amides is 1. The molecule has 17 heavy (non-hydrogen) atoms. The van der Waals surface area contributed by atoms with Gasteiger partial charge in [-0.05, 0) is 37.5 Å². The number of nitrogens with two attached hydrogens (primary N) is 1. The van der Waals surface area contributed by atoms with Gasteiger partial charge in [-0.15, -0.1) is 12.4 Å². The number of halogens is 1. The van der Waals surface area contributed by atoms with Crippen LogP contribution in [0.15, 0.2) is 24.3 Å². The van der Waals surface area contributed by atoms with Gasteiger partial charge in [-0.3, -0.25) is 4.79 Å². The summed E-state index contributed by atoms with van der Waals surface area (Å²) in [6, 6.07) is 7.53. The second kappa shape index (κ2) is 5.41. The minimum absolute atomic E-state index is 0. The maximum Gasteiger partial charge on any atom is 0.254 e. The fourth-order valence-corrected chi connectivity index (χ4v) is 2.22. The van der Waals surface area contributed by atoms with Crippen LogP contribution < -0.4 is 5.73 Å². The molecule has 3 nitrogen and oxygen atoms in total. The monoisotopic (exact) mass is 254 g/mol. The zero-order valence-corrected chi connectivity index (χ0v) is 11.0. The van der Waals surface area contributed by atoms with Crippen LogP contribution in [-0.2, 0) is 0 Å². The van der Waals surface area contributed by atoms with Crippen molar-refractivity contribution in [2.45, 2.75) is 26.3 Å². The fourth-order valence-electron chi connectivity index (χ4n) is 2.22. The van der Waals surface area contributed by atoms with E-state index in [0.29, 0.717) is 23.2 Å². The van der Waals surface area contributed by atoms with Crippen LogP contribution in [0.4, 0.5) is 5.69 Å². The van der Waals surface area contributed by atoms with Gasteiger partial charge in [-0.25, -0.2) is 0 Å². The summed E-state index contributed by atoms with van der Waals surface area (Å²) in [6.45, 7) is 5.16. The molecule has 1 aliphatic heterocycles. The van der Waals surface area contributed by atoms with Crippen LogP contribution in [-0.4, -0.2) is 23.4 Å². The van der Waals surface area contributed by atoms with Gasteiger partial charge in [0.15, 0.2) is 0 Å². The maximum absolute atomic E-state index is 12.2. The van der Waals surface area contributed by atoms with Crippen LogP contribution >= 0.6 is 12.4 Å². The highest BCUT2D eigenvalue weighted by Crippen LogP contribution is 2.25. The number of nitrogens with zero attached hydrogens (tertiary/aromatic N) is 1. The molecule has 0 spiro atoms. The van der Waals surface area contributed by atoms with Gasteiger partial charge < -0.3 is 10.6 Å². The van der Waals surface area contributed by atoms with Gasteiger partial charge in [-0.1, -0.05) is 13.0 Å². The van der Waals surface area contributed by atoms with E-state index in [1.54, 1.807) is 12.1 Å². The molecule has 0 aromatic heterocycles. The highest BCUT2D eigenvalue weighted by Gasteiger charge is 2.31. The minimum Gasteiger partial charge on any atom is -0.399 e. The van der Waals surface area contributed by atoms with Crippen LogP contribution in [0.3, 0.4) is 0 Å². The van der Waals surface area contributed by atoms with Crippen LogP contribution in [0.5, 0.6) is 0 Å². The summed E-state index contributed by atoms with van der Waals surface area (Å²) in [5.74, 6) is 0.689. The Kier molecular flexibility index (Phi) is 4.40. The number of nitrogen functional groups attached to an aromatic ring is 1. The smallest absolute Gasteiger partial charge is 0.254 e. The summed E-state index contributed by atoms with van der Waals surface area (Å²) in [6.07, 6.45) is 1.09. The van der Waals surface area contributed by atoms with Crippen molar-refractivity contribution in [2.75, 3.05) is 12.3 Å². The van der Waals surface area contributed by atoms with E-state index in [4.69, 9.17) is 5.73 Å². The summed E-state index contributed by atoms with van der Waals surface area (Å²) in [7, 11) is 0. The number of likely N-dealkylation sites (tertiary alicyclic amines) is 1. The molecule has 1 fully saturated rings. The standard InChI is InChI=1S/C13H18N2O.ClH/c1-9-6-7-15(10(9)2)13(16)11-4-3-5-12(14)8-11;/h3-5,8-10H,6-7,14H2,1-2H3;1H. The molecule has 2 atom stereocenters. The number of benzene rings is 1. The van der Waals surface area contributed by atoms with E-state index < -0.39 is 0 Å². The molecule has 0 radical (unpaired) electrons.